The molecular formula is C9H21ClN2O3S. The molecule has 0 aliphatic carbocycles. The van der Waals surface area contributed by atoms with Crippen LogP contribution in [0.15, 0.2) is 0 Å². The van der Waals surface area contributed by atoms with Gasteiger partial charge < -0.3 is 10.1 Å². The van der Waals surface area contributed by atoms with E-state index >= 15 is 0 Å². The molecule has 1 aliphatic heterocycles. The van der Waals surface area contributed by atoms with Crippen molar-refractivity contribution in [3.05, 3.63) is 0 Å². The van der Waals surface area contributed by atoms with Crippen LogP contribution in [0.4, 0.5) is 0 Å². The van der Waals surface area contributed by atoms with Gasteiger partial charge in [0.25, 0.3) is 0 Å². The third kappa shape index (κ3) is 6.00. The van der Waals surface area contributed by atoms with Crippen molar-refractivity contribution >= 4 is 22.4 Å². The first-order valence-electron chi connectivity index (χ1n) is 5.27. The molecule has 7 heteroatoms. The van der Waals surface area contributed by atoms with Gasteiger partial charge in [-0.05, 0) is 32.9 Å². The van der Waals surface area contributed by atoms with Crippen LogP contribution in [0.25, 0.3) is 0 Å². The molecule has 0 aromatic carbocycles. The van der Waals surface area contributed by atoms with E-state index in [-0.39, 0.29) is 30.3 Å². The van der Waals surface area contributed by atoms with Gasteiger partial charge in [0.1, 0.15) is 0 Å². The zero-order chi connectivity index (χ0) is 11.3. The first kappa shape index (κ1) is 16.1. The maximum absolute atomic E-state index is 11.7. The molecule has 0 amide bonds. The minimum absolute atomic E-state index is 0. The number of piperidine rings is 1. The quantitative estimate of drug-likeness (QED) is 0.746. The van der Waals surface area contributed by atoms with Crippen LogP contribution in [-0.4, -0.2) is 46.5 Å². The summed E-state index contributed by atoms with van der Waals surface area (Å²) in [6.07, 6.45) is 1.46. The third-order valence-corrected chi connectivity index (χ3v) is 4.14. The van der Waals surface area contributed by atoms with E-state index in [1.54, 1.807) is 6.92 Å². The van der Waals surface area contributed by atoms with E-state index in [1.165, 1.54) is 7.11 Å². The molecule has 2 N–H and O–H groups in total. The van der Waals surface area contributed by atoms with Gasteiger partial charge in [-0.2, -0.15) is 0 Å². The summed E-state index contributed by atoms with van der Waals surface area (Å²) in [5, 5.41) is 3.19. The lowest BCUT2D eigenvalue weighted by Crippen LogP contribution is -2.44. The molecule has 16 heavy (non-hydrogen) atoms. The Bertz CT molecular complexity index is 278. The molecule has 1 aliphatic rings. The average Bonchev–Trinajstić information content (AvgIpc) is 2.17. The predicted molar refractivity (Wildman–Crippen MR) is 66.5 cm³/mol. The maximum atomic E-state index is 11.7. The van der Waals surface area contributed by atoms with Crippen molar-refractivity contribution in [1.29, 1.82) is 0 Å². The van der Waals surface area contributed by atoms with Gasteiger partial charge in [-0.3, -0.25) is 0 Å². The Labute approximate surface area is 104 Å². The lowest BCUT2D eigenvalue weighted by Gasteiger charge is -2.24. The number of sulfonamides is 1. The van der Waals surface area contributed by atoms with Crippen molar-refractivity contribution in [2.24, 2.45) is 0 Å². The second kappa shape index (κ2) is 7.45. The van der Waals surface area contributed by atoms with Gasteiger partial charge in [0.05, 0.1) is 11.9 Å². The van der Waals surface area contributed by atoms with Crippen LogP contribution in [0, 0.1) is 0 Å². The summed E-state index contributed by atoms with van der Waals surface area (Å²) in [5.41, 5.74) is 0. The molecule has 5 nitrogen and oxygen atoms in total. The summed E-state index contributed by atoms with van der Waals surface area (Å²) < 4.78 is 31.0. The minimum Gasteiger partial charge on any atom is -0.381 e. The number of halogens is 1. The highest BCUT2D eigenvalue weighted by molar-refractivity contribution is 7.89. The summed E-state index contributed by atoms with van der Waals surface area (Å²) >= 11 is 0. The second-order valence-electron chi connectivity index (χ2n) is 3.97. The lowest BCUT2D eigenvalue weighted by atomic mass is 10.1. The Morgan fingerprint density at radius 3 is 2.50 bits per heavy atom. The molecule has 1 rings (SSSR count). The molecule has 1 atom stereocenters. The van der Waals surface area contributed by atoms with Crippen LogP contribution in [-0.2, 0) is 14.8 Å². The fourth-order valence-corrected chi connectivity index (χ4v) is 3.21. The molecule has 1 unspecified atom stereocenters. The van der Waals surface area contributed by atoms with Crippen LogP contribution in [0.5, 0.6) is 0 Å². The van der Waals surface area contributed by atoms with E-state index < -0.39 is 10.0 Å². The van der Waals surface area contributed by atoms with Gasteiger partial charge >= 0.3 is 0 Å². The van der Waals surface area contributed by atoms with Crippen LogP contribution in [0.2, 0.25) is 0 Å². The highest BCUT2D eigenvalue weighted by atomic mass is 35.5. The minimum atomic E-state index is -3.20. The molecule has 0 saturated carbocycles. The molecular weight excluding hydrogens is 252 g/mol. The van der Waals surface area contributed by atoms with Gasteiger partial charge in [-0.1, -0.05) is 0 Å². The Morgan fingerprint density at radius 2 is 2.00 bits per heavy atom. The normalized spacial score (nSPS) is 20.1. The van der Waals surface area contributed by atoms with Crippen molar-refractivity contribution < 1.29 is 13.2 Å². The fourth-order valence-electron chi connectivity index (χ4n) is 1.62. The Balaban J connectivity index is 0.00000225. The third-order valence-electron chi connectivity index (χ3n) is 2.54. The van der Waals surface area contributed by atoms with Crippen molar-refractivity contribution in [2.45, 2.75) is 31.9 Å². The van der Waals surface area contributed by atoms with Crippen molar-refractivity contribution in [3.63, 3.8) is 0 Å². The van der Waals surface area contributed by atoms with Gasteiger partial charge in [-0.25, -0.2) is 13.1 Å². The predicted octanol–water partition coefficient (Wildman–Crippen LogP) is 0.115. The van der Waals surface area contributed by atoms with Gasteiger partial charge in [0.15, 0.2) is 0 Å². The van der Waals surface area contributed by atoms with E-state index in [4.69, 9.17) is 4.74 Å². The van der Waals surface area contributed by atoms with E-state index in [0.29, 0.717) is 0 Å². The molecule has 0 aromatic rings. The topological polar surface area (TPSA) is 67.4 Å². The molecule has 1 heterocycles. The van der Waals surface area contributed by atoms with E-state index in [9.17, 15) is 8.42 Å². The van der Waals surface area contributed by atoms with E-state index in [1.807, 2.05) is 0 Å². The fraction of sp³-hybridized carbons (Fsp3) is 1.00. The molecule has 0 spiro atoms. The van der Waals surface area contributed by atoms with Crippen LogP contribution < -0.4 is 10.0 Å². The Morgan fingerprint density at radius 1 is 1.44 bits per heavy atom. The van der Waals surface area contributed by atoms with Crippen LogP contribution in [0.1, 0.15) is 19.8 Å². The Kier molecular flexibility index (Phi) is 7.50. The highest BCUT2D eigenvalue weighted by Crippen LogP contribution is 2.05. The number of hydrogen-bond acceptors (Lipinski definition) is 4. The largest absolute Gasteiger partial charge is 0.381 e. The van der Waals surface area contributed by atoms with Crippen molar-refractivity contribution in [1.82, 2.24) is 10.0 Å². The molecule has 0 bridgehead atoms. The highest BCUT2D eigenvalue weighted by Gasteiger charge is 2.21. The maximum Gasteiger partial charge on any atom is 0.214 e. The Hall–Kier alpha value is 0.120. The summed E-state index contributed by atoms with van der Waals surface area (Å²) in [4.78, 5) is 0. The summed E-state index contributed by atoms with van der Waals surface area (Å²) in [5.74, 6) is 0.0351. The van der Waals surface area contributed by atoms with E-state index in [2.05, 4.69) is 10.0 Å². The van der Waals surface area contributed by atoms with E-state index in [0.717, 1.165) is 25.9 Å². The zero-order valence-corrected chi connectivity index (χ0v) is 11.4. The standard InChI is InChI=1S/C9H20N2O3S.ClH/c1-8(14-2)7-15(12,13)11-9-3-5-10-6-4-9;/h8-11H,3-7H2,1-2H3;1H. The average molecular weight is 273 g/mol. The number of rotatable bonds is 5. The van der Waals surface area contributed by atoms with Gasteiger partial charge in [0, 0.05) is 13.2 Å². The lowest BCUT2D eigenvalue weighted by molar-refractivity contribution is 0.136. The number of nitrogens with one attached hydrogen (secondary N) is 2. The van der Waals surface area contributed by atoms with Crippen LogP contribution in [0.3, 0.4) is 0 Å². The summed E-state index contributed by atoms with van der Waals surface area (Å²) in [7, 11) is -1.68. The summed E-state index contributed by atoms with van der Waals surface area (Å²) in [6, 6.07) is 0.0836. The monoisotopic (exact) mass is 272 g/mol. The molecule has 98 valence electrons. The number of hydrogen-bond donors (Lipinski definition) is 2. The molecule has 0 aromatic heterocycles. The first-order valence-corrected chi connectivity index (χ1v) is 6.92. The van der Waals surface area contributed by atoms with Crippen molar-refractivity contribution in [3.8, 4) is 0 Å². The van der Waals surface area contributed by atoms with Crippen molar-refractivity contribution in [2.75, 3.05) is 26.0 Å². The van der Waals surface area contributed by atoms with Crippen LogP contribution >= 0.6 is 12.4 Å². The molecule has 1 fully saturated rings. The van der Waals surface area contributed by atoms with Gasteiger partial charge in [0.2, 0.25) is 10.0 Å². The summed E-state index contributed by atoms with van der Waals surface area (Å²) in [6.45, 7) is 3.52. The molecule has 0 radical (unpaired) electrons. The SMILES string of the molecule is COC(C)CS(=O)(=O)NC1CCNCC1.Cl. The first-order chi connectivity index (χ1) is 7.03. The zero-order valence-electron chi connectivity index (χ0n) is 9.73. The van der Waals surface area contributed by atoms with Gasteiger partial charge in [-0.15, -0.1) is 12.4 Å². The molecule has 1 saturated heterocycles. The number of ether oxygens (including phenoxy) is 1. The second-order valence-corrected chi connectivity index (χ2v) is 5.77. The number of methoxy groups -OCH3 is 1. The smallest absolute Gasteiger partial charge is 0.214 e.